The number of hydrogen-bond donors (Lipinski definition) is 1. The molecule has 5 heteroatoms. The normalized spacial score (nSPS) is 9.36. The van der Waals surface area contributed by atoms with E-state index in [0.717, 1.165) is 0 Å². The van der Waals surface area contributed by atoms with E-state index in [9.17, 15) is 9.59 Å². The van der Waals surface area contributed by atoms with Gasteiger partial charge in [-0.05, 0) is 5.92 Å². The molecule has 14 heavy (non-hydrogen) atoms. The van der Waals surface area contributed by atoms with E-state index >= 15 is 0 Å². The molecule has 2 amide bonds. The highest BCUT2D eigenvalue weighted by molar-refractivity contribution is 6.34. The van der Waals surface area contributed by atoms with Gasteiger partial charge in [-0.2, -0.15) is 5.26 Å². The summed E-state index contributed by atoms with van der Waals surface area (Å²) in [6, 6.07) is 1.73. The van der Waals surface area contributed by atoms with Gasteiger partial charge in [0, 0.05) is 13.6 Å². The van der Waals surface area contributed by atoms with Gasteiger partial charge >= 0.3 is 11.8 Å². The lowest BCUT2D eigenvalue weighted by Crippen LogP contribution is -2.42. The molecule has 0 aliphatic rings. The average Bonchev–Trinajstić information content (AvgIpc) is 2.11. The zero-order chi connectivity index (χ0) is 11.1. The zero-order valence-electron chi connectivity index (χ0n) is 8.70. The van der Waals surface area contributed by atoms with Gasteiger partial charge < -0.3 is 10.2 Å². The molecule has 0 radical (unpaired) electrons. The van der Waals surface area contributed by atoms with Crippen molar-refractivity contribution < 1.29 is 9.59 Å². The van der Waals surface area contributed by atoms with Crippen LogP contribution in [0, 0.1) is 17.2 Å². The first-order chi connectivity index (χ1) is 6.49. The van der Waals surface area contributed by atoms with Gasteiger partial charge in [0.15, 0.2) is 0 Å². The van der Waals surface area contributed by atoms with Gasteiger partial charge in [-0.3, -0.25) is 9.59 Å². The summed E-state index contributed by atoms with van der Waals surface area (Å²) in [5.74, 6) is -1.02. The Bertz CT molecular complexity index is 255. The van der Waals surface area contributed by atoms with Crippen LogP contribution < -0.4 is 5.32 Å². The number of carbonyl (C=O) groups excluding carboxylic acids is 2. The molecular weight excluding hydrogens is 182 g/mol. The molecule has 0 aliphatic heterocycles. The summed E-state index contributed by atoms with van der Waals surface area (Å²) in [5, 5.41) is 10.4. The molecule has 0 bridgehead atoms. The number of amides is 2. The number of hydrogen-bond acceptors (Lipinski definition) is 3. The van der Waals surface area contributed by atoms with Crippen molar-refractivity contribution in [3.63, 3.8) is 0 Å². The highest BCUT2D eigenvalue weighted by atomic mass is 16.2. The molecule has 0 unspecified atom stereocenters. The molecule has 0 spiro atoms. The van der Waals surface area contributed by atoms with Gasteiger partial charge in [0.05, 0.1) is 6.07 Å². The second-order valence-electron chi connectivity index (χ2n) is 3.42. The highest BCUT2D eigenvalue weighted by Crippen LogP contribution is 1.95. The maximum Gasteiger partial charge on any atom is 0.311 e. The Balaban J connectivity index is 4.05. The maximum absolute atomic E-state index is 11.3. The molecule has 78 valence electrons. The minimum absolute atomic E-state index is 0.139. The van der Waals surface area contributed by atoms with Gasteiger partial charge in [0.25, 0.3) is 0 Å². The van der Waals surface area contributed by atoms with Crippen LogP contribution in [0.1, 0.15) is 13.8 Å². The largest absolute Gasteiger partial charge is 0.337 e. The van der Waals surface area contributed by atoms with Gasteiger partial charge in [-0.25, -0.2) is 0 Å². The Labute approximate surface area is 83.7 Å². The molecule has 0 saturated heterocycles. The molecule has 0 aromatic carbocycles. The standard InChI is InChI=1S/C9H15N3O2/c1-7(2)6-12(3)9(14)8(13)11-5-4-10/h7H,5-6H2,1-3H3,(H,11,13). The summed E-state index contributed by atoms with van der Waals surface area (Å²) in [6.07, 6.45) is 0. The van der Waals surface area contributed by atoms with Crippen LogP contribution in [-0.4, -0.2) is 36.9 Å². The fraction of sp³-hybridized carbons (Fsp3) is 0.667. The van der Waals surface area contributed by atoms with Crippen molar-refractivity contribution in [2.24, 2.45) is 5.92 Å². The monoisotopic (exact) mass is 197 g/mol. The lowest BCUT2D eigenvalue weighted by molar-refractivity contribution is -0.145. The third-order valence-electron chi connectivity index (χ3n) is 1.51. The third-order valence-corrected chi connectivity index (χ3v) is 1.51. The van der Waals surface area contributed by atoms with E-state index in [0.29, 0.717) is 12.5 Å². The van der Waals surface area contributed by atoms with Crippen molar-refractivity contribution in [3.8, 4) is 6.07 Å². The quantitative estimate of drug-likeness (QED) is 0.500. The summed E-state index contributed by atoms with van der Waals surface area (Å²) < 4.78 is 0. The molecule has 0 aromatic rings. The van der Waals surface area contributed by atoms with Crippen LogP contribution in [0.5, 0.6) is 0 Å². The van der Waals surface area contributed by atoms with Crippen molar-refractivity contribution >= 4 is 11.8 Å². The average molecular weight is 197 g/mol. The minimum Gasteiger partial charge on any atom is -0.337 e. The Morgan fingerprint density at radius 2 is 2.07 bits per heavy atom. The van der Waals surface area contributed by atoms with Crippen molar-refractivity contribution in [2.75, 3.05) is 20.1 Å². The van der Waals surface area contributed by atoms with Crippen LogP contribution in [-0.2, 0) is 9.59 Å². The van der Waals surface area contributed by atoms with E-state index in [1.807, 2.05) is 13.8 Å². The smallest absolute Gasteiger partial charge is 0.311 e. The fourth-order valence-corrected chi connectivity index (χ4v) is 0.999. The van der Waals surface area contributed by atoms with Crippen LogP contribution in [0.2, 0.25) is 0 Å². The van der Waals surface area contributed by atoms with Crippen LogP contribution in [0.25, 0.3) is 0 Å². The van der Waals surface area contributed by atoms with Crippen molar-refractivity contribution in [3.05, 3.63) is 0 Å². The van der Waals surface area contributed by atoms with E-state index in [4.69, 9.17) is 5.26 Å². The number of nitrogens with zero attached hydrogens (tertiary/aromatic N) is 2. The van der Waals surface area contributed by atoms with Crippen molar-refractivity contribution in [1.29, 1.82) is 5.26 Å². The Morgan fingerprint density at radius 3 is 2.50 bits per heavy atom. The molecule has 0 heterocycles. The molecule has 0 saturated carbocycles. The number of likely N-dealkylation sites (N-methyl/N-ethyl adjacent to an activating group) is 1. The van der Waals surface area contributed by atoms with Crippen LogP contribution in [0.3, 0.4) is 0 Å². The fourth-order valence-electron chi connectivity index (χ4n) is 0.999. The molecule has 0 rings (SSSR count). The second kappa shape index (κ2) is 5.97. The second-order valence-corrected chi connectivity index (χ2v) is 3.42. The highest BCUT2D eigenvalue weighted by Gasteiger charge is 2.18. The number of rotatable bonds is 3. The predicted molar refractivity (Wildman–Crippen MR) is 51.1 cm³/mol. The van der Waals surface area contributed by atoms with Crippen LogP contribution in [0.4, 0.5) is 0 Å². The number of carbonyl (C=O) groups is 2. The topological polar surface area (TPSA) is 73.2 Å². The van der Waals surface area contributed by atoms with E-state index in [1.165, 1.54) is 4.90 Å². The Hall–Kier alpha value is -1.57. The molecule has 0 aromatic heterocycles. The first-order valence-corrected chi connectivity index (χ1v) is 4.39. The Kier molecular flexibility index (Phi) is 5.30. The van der Waals surface area contributed by atoms with Gasteiger partial charge in [0.1, 0.15) is 6.54 Å². The van der Waals surface area contributed by atoms with E-state index in [-0.39, 0.29) is 6.54 Å². The SMILES string of the molecule is CC(C)CN(C)C(=O)C(=O)NCC#N. The van der Waals surface area contributed by atoms with Gasteiger partial charge in [-0.1, -0.05) is 13.8 Å². The summed E-state index contributed by atoms with van der Waals surface area (Å²) in [4.78, 5) is 23.7. The zero-order valence-corrected chi connectivity index (χ0v) is 8.70. The summed E-state index contributed by atoms with van der Waals surface area (Å²) in [7, 11) is 1.56. The molecular formula is C9H15N3O2. The lowest BCUT2D eigenvalue weighted by atomic mass is 10.2. The minimum atomic E-state index is -0.727. The molecule has 5 nitrogen and oxygen atoms in total. The van der Waals surface area contributed by atoms with E-state index in [1.54, 1.807) is 13.1 Å². The number of nitriles is 1. The van der Waals surface area contributed by atoms with Crippen LogP contribution >= 0.6 is 0 Å². The summed E-state index contributed by atoms with van der Waals surface area (Å²) in [6.45, 7) is 4.30. The molecule has 0 aliphatic carbocycles. The van der Waals surface area contributed by atoms with Crippen molar-refractivity contribution in [1.82, 2.24) is 10.2 Å². The predicted octanol–water partition coefficient (Wildman–Crippen LogP) is -0.259. The molecule has 0 atom stereocenters. The first kappa shape index (κ1) is 12.4. The lowest BCUT2D eigenvalue weighted by Gasteiger charge is -2.18. The Morgan fingerprint density at radius 1 is 1.50 bits per heavy atom. The van der Waals surface area contributed by atoms with Crippen LogP contribution in [0.15, 0.2) is 0 Å². The van der Waals surface area contributed by atoms with Crippen molar-refractivity contribution in [2.45, 2.75) is 13.8 Å². The van der Waals surface area contributed by atoms with Gasteiger partial charge in [0.2, 0.25) is 0 Å². The maximum atomic E-state index is 11.3. The number of nitrogens with one attached hydrogen (secondary N) is 1. The molecule has 0 fully saturated rings. The summed E-state index contributed by atoms with van der Waals surface area (Å²) >= 11 is 0. The molecule has 1 N–H and O–H groups in total. The third kappa shape index (κ3) is 4.45. The van der Waals surface area contributed by atoms with E-state index in [2.05, 4.69) is 5.32 Å². The van der Waals surface area contributed by atoms with Gasteiger partial charge in [-0.15, -0.1) is 0 Å². The first-order valence-electron chi connectivity index (χ1n) is 4.39. The van der Waals surface area contributed by atoms with E-state index < -0.39 is 11.8 Å². The summed E-state index contributed by atoms with van der Waals surface area (Å²) in [5.41, 5.74) is 0.